The van der Waals surface area contributed by atoms with Crippen molar-refractivity contribution in [3.8, 4) is 5.88 Å². The summed E-state index contributed by atoms with van der Waals surface area (Å²) in [6.07, 6.45) is -3.68. The summed E-state index contributed by atoms with van der Waals surface area (Å²) in [6.45, 7) is 1.61. The number of nitrogens with zero attached hydrogens (tertiary/aromatic N) is 3. The average Bonchev–Trinajstić information content (AvgIpc) is 3.15. The minimum Gasteiger partial charge on any atom is -0.382 e. The third-order valence-electron chi connectivity index (χ3n) is 4.81. The van der Waals surface area contributed by atoms with E-state index in [0.29, 0.717) is 6.07 Å². The Balaban J connectivity index is 1.98. The van der Waals surface area contributed by atoms with Gasteiger partial charge in [-0.25, -0.2) is 9.67 Å². The number of methoxy groups -OCH3 is 1. The highest BCUT2D eigenvalue weighted by Gasteiger charge is 2.34. The fourth-order valence-electron chi connectivity index (χ4n) is 2.97. The number of ketones is 1. The van der Waals surface area contributed by atoms with E-state index >= 15 is 0 Å². The normalized spacial score (nSPS) is 12.1. The lowest BCUT2D eigenvalue weighted by Crippen LogP contribution is -2.17. The number of pyridine rings is 1. The molecule has 0 aliphatic carbocycles. The van der Waals surface area contributed by atoms with Crippen LogP contribution in [0.25, 0.3) is 0 Å². The van der Waals surface area contributed by atoms with Gasteiger partial charge >= 0.3 is 16.3 Å². The van der Waals surface area contributed by atoms with Gasteiger partial charge in [-0.3, -0.25) is 4.79 Å². The van der Waals surface area contributed by atoms with Crippen molar-refractivity contribution in [2.24, 2.45) is 7.05 Å². The van der Waals surface area contributed by atoms with Crippen molar-refractivity contribution < 1.29 is 40.0 Å². The molecule has 0 atom stereocenters. The maximum absolute atomic E-state index is 13.3. The van der Waals surface area contributed by atoms with Crippen molar-refractivity contribution in [2.75, 3.05) is 20.3 Å². The molecule has 3 rings (SSSR count). The molecule has 0 aliphatic heterocycles. The number of carbonyl (C=O) groups excluding carboxylic acids is 1. The standard InChI is InChI=1S/C22H22F3N3O6S/c1-14-4-6-15(7-5-14)35(30,31)34-21-17(12-26-28(21)2)20(29)16-8-9-19(22(23,24)25)27-18(16)13-33-11-10-32-3/h4-9,12H,10-11,13H2,1-3H3. The molecular formula is C22H22F3N3O6S. The number of benzene rings is 1. The zero-order valence-corrected chi connectivity index (χ0v) is 19.8. The second-order valence-electron chi connectivity index (χ2n) is 7.40. The van der Waals surface area contributed by atoms with E-state index < -0.39 is 40.3 Å². The fraction of sp³-hybridized carbons (Fsp3) is 0.318. The summed E-state index contributed by atoms with van der Waals surface area (Å²) in [5.41, 5.74) is -1.15. The van der Waals surface area contributed by atoms with Gasteiger partial charge < -0.3 is 13.7 Å². The Labute approximate surface area is 199 Å². The van der Waals surface area contributed by atoms with Crippen LogP contribution in [-0.2, 0) is 39.4 Å². The first-order valence-corrected chi connectivity index (χ1v) is 11.6. The lowest BCUT2D eigenvalue weighted by atomic mass is 10.0. The van der Waals surface area contributed by atoms with Crippen LogP contribution < -0.4 is 4.18 Å². The number of hydrogen-bond donors (Lipinski definition) is 0. The van der Waals surface area contributed by atoms with E-state index in [-0.39, 0.29) is 34.9 Å². The third kappa shape index (κ3) is 6.24. The molecule has 0 saturated heterocycles. The van der Waals surface area contributed by atoms with Gasteiger partial charge in [0, 0.05) is 19.7 Å². The van der Waals surface area contributed by atoms with Crippen molar-refractivity contribution in [3.05, 3.63) is 70.7 Å². The Morgan fingerprint density at radius 1 is 1.06 bits per heavy atom. The highest BCUT2D eigenvalue weighted by atomic mass is 32.2. The number of aromatic nitrogens is 3. The summed E-state index contributed by atoms with van der Waals surface area (Å²) in [5.74, 6) is -1.24. The number of ether oxygens (including phenoxy) is 2. The maximum atomic E-state index is 13.3. The summed E-state index contributed by atoms with van der Waals surface area (Å²) in [6, 6.07) is 7.46. The molecule has 0 bridgehead atoms. The van der Waals surface area contributed by atoms with Crippen LogP contribution >= 0.6 is 0 Å². The van der Waals surface area contributed by atoms with Gasteiger partial charge in [0.2, 0.25) is 11.7 Å². The summed E-state index contributed by atoms with van der Waals surface area (Å²) >= 11 is 0. The van der Waals surface area contributed by atoms with Gasteiger partial charge in [0.05, 0.1) is 31.7 Å². The average molecular weight is 513 g/mol. The molecule has 13 heteroatoms. The lowest BCUT2D eigenvalue weighted by Gasteiger charge is -2.13. The van der Waals surface area contributed by atoms with Gasteiger partial charge in [-0.1, -0.05) is 17.7 Å². The first-order valence-electron chi connectivity index (χ1n) is 10.2. The number of hydrogen-bond acceptors (Lipinski definition) is 8. The maximum Gasteiger partial charge on any atom is 0.433 e. The Bertz CT molecular complexity index is 1300. The molecule has 0 N–H and O–H groups in total. The van der Waals surface area contributed by atoms with Gasteiger partial charge in [0.25, 0.3) is 0 Å². The number of aryl methyl sites for hydroxylation is 2. The Morgan fingerprint density at radius 3 is 2.37 bits per heavy atom. The predicted octanol–water partition coefficient (Wildman–Crippen LogP) is 3.30. The monoisotopic (exact) mass is 513 g/mol. The van der Waals surface area contributed by atoms with E-state index in [0.717, 1.165) is 22.5 Å². The van der Waals surface area contributed by atoms with Crippen LogP contribution in [-0.4, -0.2) is 49.3 Å². The highest BCUT2D eigenvalue weighted by molar-refractivity contribution is 7.87. The first kappa shape index (κ1) is 26.3. The van der Waals surface area contributed by atoms with Crippen LogP contribution in [0.2, 0.25) is 0 Å². The van der Waals surface area contributed by atoms with Crippen LogP contribution in [0.4, 0.5) is 13.2 Å². The largest absolute Gasteiger partial charge is 0.433 e. The summed E-state index contributed by atoms with van der Waals surface area (Å²) in [4.78, 5) is 16.7. The second kappa shape index (κ2) is 10.5. The molecule has 0 unspecified atom stereocenters. The minimum absolute atomic E-state index is 0.0537. The molecule has 188 valence electrons. The fourth-order valence-corrected chi connectivity index (χ4v) is 3.94. The van der Waals surface area contributed by atoms with Gasteiger partial charge in [-0.2, -0.15) is 26.7 Å². The summed E-state index contributed by atoms with van der Waals surface area (Å²) in [7, 11) is -1.55. The topological polar surface area (TPSA) is 110 Å². The minimum atomic E-state index is -4.74. The van der Waals surface area contributed by atoms with E-state index in [9.17, 15) is 26.4 Å². The summed E-state index contributed by atoms with van der Waals surface area (Å²) in [5, 5.41) is 3.89. The molecule has 1 aromatic carbocycles. The van der Waals surface area contributed by atoms with Gasteiger partial charge in [-0.05, 0) is 31.2 Å². The van der Waals surface area contributed by atoms with E-state index in [1.54, 1.807) is 19.1 Å². The summed E-state index contributed by atoms with van der Waals surface area (Å²) < 4.78 is 81.5. The van der Waals surface area contributed by atoms with Crippen LogP contribution in [0.15, 0.2) is 47.5 Å². The quantitative estimate of drug-likeness (QED) is 0.231. The van der Waals surface area contributed by atoms with Crippen LogP contribution in [0, 0.1) is 6.92 Å². The molecule has 0 fully saturated rings. The molecule has 0 radical (unpaired) electrons. The molecule has 0 amide bonds. The van der Waals surface area contributed by atoms with Crippen LogP contribution in [0.1, 0.15) is 32.9 Å². The zero-order valence-electron chi connectivity index (χ0n) is 19.0. The van der Waals surface area contributed by atoms with Crippen molar-refractivity contribution in [1.29, 1.82) is 0 Å². The SMILES string of the molecule is COCCOCc1nc(C(F)(F)F)ccc1C(=O)c1cnn(C)c1OS(=O)(=O)c1ccc(C)cc1. The van der Waals surface area contributed by atoms with Crippen LogP contribution in [0.3, 0.4) is 0 Å². The number of halogens is 3. The highest BCUT2D eigenvalue weighted by Crippen LogP contribution is 2.30. The molecular weight excluding hydrogens is 491 g/mol. The molecule has 35 heavy (non-hydrogen) atoms. The molecule has 0 spiro atoms. The van der Waals surface area contributed by atoms with Crippen molar-refractivity contribution in [2.45, 2.75) is 24.6 Å². The second-order valence-corrected chi connectivity index (χ2v) is 8.95. The number of carbonyl (C=O) groups is 1. The van der Waals surface area contributed by atoms with Gasteiger partial charge in [0.1, 0.15) is 16.2 Å². The third-order valence-corrected chi connectivity index (χ3v) is 6.03. The number of rotatable bonds is 10. The van der Waals surface area contributed by atoms with E-state index in [4.69, 9.17) is 13.7 Å². The van der Waals surface area contributed by atoms with Gasteiger partial charge in [-0.15, -0.1) is 0 Å². The zero-order chi connectivity index (χ0) is 25.8. The lowest BCUT2D eigenvalue weighted by molar-refractivity contribution is -0.141. The molecule has 0 saturated carbocycles. The van der Waals surface area contributed by atoms with Crippen LogP contribution in [0.5, 0.6) is 5.88 Å². The molecule has 0 aliphatic rings. The smallest absolute Gasteiger partial charge is 0.382 e. The molecule has 2 aromatic heterocycles. The Morgan fingerprint density at radius 2 is 1.74 bits per heavy atom. The van der Waals surface area contributed by atoms with E-state index in [1.807, 2.05) is 0 Å². The predicted molar refractivity (Wildman–Crippen MR) is 116 cm³/mol. The Kier molecular flexibility index (Phi) is 7.93. The van der Waals surface area contributed by atoms with E-state index in [1.165, 1.54) is 26.3 Å². The van der Waals surface area contributed by atoms with Gasteiger partial charge in [0.15, 0.2) is 0 Å². The molecule has 3 aromatic rings. The molecule has 2 heterocycles. The molecule has 9 nitrogen and oxygen atoms in total. The first-order chi connectivity index (χ1) is 16.4. The van der Waals surface area contributed by atoms with Crippen molar-refractivity contribution in [3.63, 3.8) is 0 Å². The van der Waals surface area contributed by atoms with Crippen molar-refractivity contribution >= 4 is 15.9 Å². The Hall–Kier alpha value is -3.29. The van der Waals surface area contributed by atoms with E-state index in [2.05, 4.69) is 10.1 Å². The number of alkyl halides is 3. The van der Waals surface area contributed by atoms with Crippen molar-refractivity contribution in [1.82, 2.24) is 14.8 Å².